The molecule has 1 fully saturated rings. The first-order valence-electron chi connectivity index (χ1n) is 6.73. The fourth-order valence-corrected chi connectivity index (χ4v) is 3.01. The lowest BCUT2D eigenvalue weighted by atomic mass is 10.2. The molecular weight excluding hydrogens is 290 g/mol. The second-order valence-electron chi connectivity index (χ2n) is 4.87. The zero-order chi connectivity index (χ0) is 14.7. The molecule has 0 aliphatic carbocycles. The highest BCUT2D eigenvalue weighted by molar-refractivity contribution is 7.07. The van der Waals surface area contributed by atoms with Crippen LogP contribution in [0.2, 0.25) is 0 Å². The summed E-state index contributed by atoms with van der Waals surface area (Å²) in [7, 11) is 0. The minimum Gasteiger partial charge on any atom is -0.472 e. The number of amides is 2. The highest BCUT2D eigenvalue weighted by Crippen LogP contribution is 2.20. The number of nitrogens with one attached hydrogen (secondary N) is 1. The van der Waals surface area contributed by atoms with Crippen LogP contribution in [0.25, 0.3) is 0 Å². The van der Waals surface area contributed by atoms with Gasteiger partial charge >= 0.3 is 0 Å². The monoisotopic (exact) mass is 305 g/mol. The maximum Gasteiger partial charge on any atom is 0.257 e. The van der Waals surface area contributed by atoms with Gasteiger partial charge in [-0.25, -0.2) is 4.98 Å². The molecule has 1 N–H and O–H groups in total. The molecule has 21 heavy (non-hydrogen) atoms. The molecule has 3 rings (SSSR count). The molecule has 7 heteroatoms. The number of furan rings is 1. The summed E-state index contributed by atoms with van der Waals surface area (Å²) in [5, 5.41) is 4.74. The Morgan fingerprint density at radius 3 is 3.14 bits per heavy atom. The van der Waals surface area contributed by atoms with Gasteiger partial charge in [-0.2, -0.15) is 0 Å². The van der Waals surface area contributed by atoms with Crippen molar-refractivity contribution in [1.29, 1.82) is 0 Å². The summed E-state index contributed by atoms with van der Waals surface area (Å²) in [4.78, 5) is 30.3. The van der Waals surface area contributed by atoms with Crippen LogP contribution in [0.4, 0.5) is 0 Å². The Bertz CT molecular complexity index is 609. The van der Waals surface area contributed by atoms with Crippen molar-refractivity contribution in [2.24, 2.45) is 0 Å². The Balaban J connectivity index is 1.63. The molecule has 110 valence electrons. The summed E-state index contributed by atoms with van der Waals surface area (Å²) in [6.07, 6.45) is 4.39. The standard InChI is InChI=1S/C14H15N3O3S/c18-13(15-6-11-8-21-9-16-11)12-2-1-4-17(12)14(19)10-3-5-20-7-10/h3,5,7-9,12H,1-2,4,6H2,(H,15,18). The van der Waals surface area contributed by atoms with E-state index >= 15 is 0 Å². The second-order valence-corrected chi connectivity index (χ2v) is 5.58. The largest absolute Gasteiger partial charge is 0.472 e. The third-order valence-electron chi connectivity index (χ3n) is 3.51. The number of likely N-dealkylation sites (tertiary alicyclic amines) is 1. The Hall–Kier alpha value is -2.15. The van der Waals surface area contributed by atoms with Crippen LogP contribution in [0.1, 0.15) is 28.9 Å². The normalized spacial score (nSPS) is 17.9. The van der Waals surface area contributed by atoms with E-state index in [1.165, 1.54) is 23.9 Å². The van der Waals surface area contributed by atoms with Gasteiger partial charge in [0.05, 0.1) is 29.6 Å². The van der Waals surface area contributed by atoms with Crippen molar-refractivity contribution in [1.82, 2.24) is 15.2 Å². The number of rotatable bonds is 4. The highest BCUT2D eigenvalue weighted by atomic mass is 32.1. The van der Waals surface area contributed by atoms with Crippen molar-refractivity contribution in [2.45, 2.75) is 25.4 Å². The van der Waals surface area contributed by atoms with E-state index < -0.39 is 6.04 Å². The summed E-state index contributed by atoms with van der Waals surface area (Å²) < 4.78 is 4.93. The van der Waals surface area contributed by atoms with Crippen molar-refractivity contribution in [3.8, 4) is 0 Å². The van der Waals surface area contributed by atoms with Gasteiger partial charge in [-0.05, 0) is 18.9 Å². The average molecular weight is 305 g/mol. The van der Waals surface area contributed by atoms with Gasteiger partial charge in [-0.3, -0.25) is 9.59 Å². The van der Waals surface area contributed by atoms with E-state index in [2.05, 4.69) is 10.3 Å². The van der Waals surface area contributed by atoms with Crippen LogP contribution in [0, 0.1) is 0 Å². The number of carbonyl (C=O) groups is 2. The summed E-state index contributed by atoms with van der Waals surface area (Å²) in [5.74, 6) is -0.285. The van der Waals surface area contributed by atoms with Crippen LogP contribution < -0.4 is 5.32 Å². The van der Waals surface area contributed by atoms with Gasteiger partial charge in [-0.15, -0.1) is 11.3 Å². The number of hydrogen-bond acceptors (Lipinski definition) is 5. The lowest BCUT2D eigenvalue weighted by Gasteiger charge is -2.23. The van der Waals surface area contributed by atoms with E-state index in [0.29, 0.717) is 25.1 Å². The van der Waals surface area contributed by atoms with Crippen LogP contribution in [0.3, 0.4) is 0 Å². The fraction of sp³-hybridized carbons (Fsp3) is 0.357. The summed E-state index contributed by atoms with van der Waals surface area (Å²) in [6.45, 7) is 0.991. The average Bonchev–Trinajstić information content (AvgIpc) is 3.26. The number of thiazole rings is 1. The van der Waals surface area contributed by atoms with E-state index in [9.17, 15) is 9.59 Å². The van der Waals surface area contributed by atoms with Gasteiger partial charge in [0.2, 0.25) is 5.91 Å². The minimum atomic E-state index is -0.411. The molecule has 1 atom stereocenters. The van der Waals surface area contributed by atoms with Crippen molar-refractivity contribution in [3.05, 3.63) is 40.7 Å². The zero-order valence-corrected chi connectivity index (χ0v) is 12.1. The fourth-order valence-electron chi connectivity index (χ4n) is 2.45. The highest BCUT2D eigenvalue weighted by Gasteiger charge is 2.34. The van der Waals surface area contributed by atoms with Gasteiger partial charge in [0.15, 0.2) is 0 Å². The molecule has 0 radical (unpaired) electrons. The Morgan fingerprint density at radius 2 is 2.43 bits per heavy atom. The Kier molecular flexibility index (Phi) is 4.01. The first-order chi connectivity index (χ1) is 10.3. The lowest BCUT2D eigenvalue weighted by Crippen LogP contribution is -2.45. The van der Waals surface area contributed by atoms with E-state index in [1.54, 1.807) is 16.5 Å². The Morgan fingerprint density at radius 1 is 1.52 bits per heavy atom. The van der Waals surface area contributed by atoms with Crippen LogP contribution in [-0.4, -0.2) is 34.3 Å². The molecule has 0 saturated carbocycles. The second kappa shape index (κ2) is 6.09. The third kappa shape index (κ3) is 2.97. The Labute approximate surface area is 125 Å². The summed E-state index contributed by atoms with van der Waals surface area (Å²) >= 11 is 1.49. The molecule has 1 saturated heterocycles. The summed E-state index contributed by atoms with van der Waals surface area (Å²) in [5.41, 5.74) is 3.04. The molecule has 0 spiro atoms. The van der Waals surface area contributed by atoms with Crippen molar-refractivity contribution in [2.75, 3.05) is 6.54 Å². The quantitative estimate of drug-likeness (QED) is 0.932. The number of aromatic nitrogens is 1. The SMILES string of the molecule is O=C(NCc1cscn1)C1CCCN1C(=O)c1ccoc1. The van der Waals surface area contributed by atoms with E-state index in [1.807, 2.05) is 5.38 Å². The smallest absolute Gasteiger partial charge is 0.257 e. The third-order valence-corrected chi connectivity index (χ3v) is 4.15. The molecule has 6 nitrogen and oxygen atoms in total. The van der Waals surface area contributed by atoms with E-state index in [-0.39, 0.29) is 11.8 Å². The van der Waals surface area contributed by atoms with Crippen molar-refractivity contribution in [3.63, 3.8) is 0 Å². The first-order valence-corrected chi connectivity index (χ1v) is 7.68. The molecule has 0 aromatic carbocycles. The van der Waals surface area contributed by atoms with Gasteiger partial charge in [-0.1, -0.05) is 0 Å². The molecule has 2 aromatic heterocycles. The number of hydrogen-bond donors (Lipinski definition) is 1. The van der Waals surface area contributed by atoms with Gasteiger partial charge in [0.1, 0.15) is 12.3 Å². The van der Waals surface area contributed by atoms with Crippen LogP contribution in [-0.2, 0) is 11.3 Å². The maximum absolute atomic E-state index is 12.3. The van der Waals surface area contributed by atoms with Crippen LogP contribution in [0.15, 0.2) is 33.9 Å². The zero-order valence-electron chi connectivity index (χ0n) is 11.3. The number of carbonyl (C=O) groups excluding carboxylic acids is 2. The minimum absolute atomic E-state index is 0.127. The van der Waals surface area contributed by atoms with E-state index in [4.69, 9.17) is 4.42 Å². The van der Waals surface area contributed by atoms with Crippen LogP contribution >= 0.6 is 11.3 Å². The molecule has 2 aromatic rings. The predicted octanol–water partition coefficient (Wildman–Crippen LogP) is 1.66. The predicted molar refractivity (Wildman–Crippen MR) is 76.7 cm³/mol. The van der Waals surface area contributed by atoms with Gasteiger partial charge in [0.25, 0.3) is 5.91 Å². The lowest BCUT2D eigenvalue weighted by molar-refractivity contribution is -0.125. The number of nitrogens with zero attached hydrogens (tertiary/aromatic N) is 2. The van der Waals surface area contributed by atoms with Crippen LogP contribution in [0.5, 0.6) is 0 Å². The van der Waals surface area contributed by atoms with Gasteiger partial charge in [0, 0.05) is 11.9 Å². The summed E-state index contributed by atoms with van der Waals surface area (Å²) in [6, 6.07) is 1.20. The molecule has 1 aliphatic heterocycles. The first kappa shape index (κ1) is 13.8. The van der Waals surface area contributed by atoms with Crippen molar-refractivity contribution >= 4 is 23.2 Å². The molecular formula is C14H15N3O3S. The van der Waals surface area contributed by atoms with E-state index in [0.717, 1.165) is 12.1 Å². The molecule has 1 aliphatic rings. The maximum atomic E-state index is 12.3. The molecule has 0 bridgehead atoms. The molecule has 3 heterocycles. The van der Waals surface area contributed by atoms with Crippen molar-refractivity contribution < 1.29 is 14.0 Å². The van der Waals surface area contributed by atoms with Gasteiger partial charge < -0.3 is 14.6 Å². The molecule has 1 unspecified atom stereocenters. The topological polar surface area (TPSA) is 75.4 Å². The molecule has 2 amide bonds.